The largest absolute Gasteiger partial charge is 0.452 e. The topological polar surface area (TPSA) is 92.9 Å². The van der Waals surface area contributed by atoms with Gasteiger partial charge in [0.05, 0.1) is 24.6 Å². The molecule has 9 heteroatoms. The van der Waals surface area contributed by atoms with E-state index in [1.807, 2.05) is 49.4 Å². The summed E-state index contributed by atoms with van der Waals surface area (Å²) in [6, 6.07) is 6.01. The van der Waals surface area contributed by atoms with Crippen LogP contribution in [0.2, 0.25) is 0 Å². The summed E-state index contributed by atoms with van der Waals surface area (Å²) in [7, 11) is 3.73. The molecule has 1 aliphatic heterocycles. The normalized spacial score (nSPS) is 21.0. The minimum atomic E-state index is -0.285. The van der Waals surface area contributed by atoms with E-state index in [9.17, 15) is 4.79 Å². The number of furan rings is 1. The van der Waals surface area contributed by atoms with Gasteiger partial charge in [0.15, 0.2) is 5.58 Å². The van der Waals surface area contributed by atoms with E-state index in [4.69, 9.17) is 9.15 Å². The van der Waals surface area contributed by atoms with E-state index in [-0.39, 0.29) is 23.9 Å². The lowest BCUT2D eigenvalue weighted by atomic mass is 9.98. The molecule has 174 valence electrons. The molecule has 0 N–H and O–H groups in total. The number of aromatic nitrogens is 6. The number of benzene rings is 1. The first-order valence-electron chi connectivity index (χ1n) is 11.5. The zero-order valence-electron chi connectivity index (χ0n) is 19.6. The standard InChI is InChI=1S/C25H26N6O3/c1-14-7-19(8-15(2)33-14)31-23-20-9-16(17-10-26-29(3)12-17)5-6-21(20)34-24(23)22(28-25(31)32)18-11-27-30(4)13-18/h5-6,9-15,19H,7-8H2,1-4H3/t14-,15+,19+. The Hall–Kier alpha value is -3.72. The zero-order valence-corrected chi connectivity index (χ0v) is 19.6. The van der Waals surface area contributed by atoms with Gasteiger partial charge in [-0.3, -0.25) is 13.9 Å². The molecular weight excluding hydrogens is 432 g/mol. The fourth-order valence-corrected chi connectivity index (χ4v) is 5.19. The first-order valence-corrected chi connectivity index (χ1v) is 11.5. The molecule has 1 aromatic carbocycles. The van der Waals surface area contributed by atoms with Crippen molar-refractivity contribution in [2.24, 2.45) is 14.1 Å². The Morgan fingerprint density at radius 1 is 0.941 bits per heavy atom. The third kappa shape index (κ3) is 3.35. The third-order valence-corrected chi connectivity index (χ3v) is 6.59. The number of hydrogen-bond donors (Lipinski definition) is 0. The predicted octanol–water partition coefficient (Wildman–Crippen LogP) is 4.07. The van der Waals surface area contributed by atoms with Gasteiger partial charge in [-0.05, 0) is 44.4 Å². The van der Waals surface area contributed by atoms with Crippen molar-refractivity contribution in [3.05, 3.63) is 53.5 Å². The van der Waals surface area contributed by atoms with Crippen LogP contribution in [0, 0.1) is 0 Å². The maximum Gasteiger partial charge on any atom is 0.349 e. The molecule has 3 atom stereocenters. The summed E-state index contributed by atoms with van der Waals surface area (Å²) in [6.45, 7) is 4.10. The average Bonchev–Trinajstić information content (AvgIpc) is 3.50. The molecule has 0 aliphatic carbocycles. The molecule has 0 amide bonds. The SMILES string of the molecule is C[C@@H]1C[C@H](n2c(=O)nc(-c3cnn(C)c3)c3oc4ccc(-c5cnn(C)c5)cc4c32)C[C@H](C)O1. The Morgan fingerprint density at radius 2 is 1.62 bits per heavy atom. The molecule has 4 aromatic heterocycles. The van der Waals surface area contributed by atoms with Gasteiger partial charge in [0.1, 0.15) is 16.8 Å². The minimum Gasteiger partial charge on any atom is -0.452 e. The van der Waals surface area contributed by atoms with Crippen molar-refractivity contribution in [3.8, 4) is 22.4 Å². The first-order chi connectivity index (χ1) is 16.4. The average molecular weight is 459 g/mol. The van der Waals surface area contributed by atoms with Gasteiger partial charge in [0.25, 0.3) is 0 Å². The summed E-state index contributed by atoms with van der Waals surface area (Å²) in [6.07, 6.45) is 8.94. The molecule has 6 rings (SSSR count). The molecule has 5 aromatic rings. The Labute approximate surface area is 195 Å². The Bertz CT molecular complexity index is 1580. The quantitative estimate of drug-likeness (QED) is 0.405. The van der Waals surface area contributed by atoms with Crippen molar-refractivity contribution >= 4 is 22.1 Å². The number of ether oxygens (including phenoxy) is 1. The van der Waals surface area contributed by atoms with Crippen LogP contribution in [-0.4, -0.2) is 41.3 Å². The van der Waals surface area contributed by atoms with Crippen molar-refractivity contribution in [2.75, 3.05) is 0 Å². The monoisotopic (exact) mass is 458 g/mol. The summed E-state index contributed by atoms with van der Waals surface area (Å²) in [5, 5.41) is 9.46. The summed E-state index contributed by atoms with van der Waals surface area (Å²) in [5.74, 6) is 0. The fraction of sp³-hybridized carbons (Fsp3) is 0.360. The van der Waals surface area contributed by atoms with E-state index in [0.29, 0.717) is 16.9 Å². The molecule has 34 heavy (non-hydrogen) atoms. The maximum atomic E-state index is 13.6. The maximum absolute atomic E-state index is 13.6. The number of fused-ring (bicyclic) bond motifs is 3. The highest BCUT2D eigenvalue weighted by atomic mass is 16.5. The van der Waals surface area contributed by atoms with Crippen LogP contribution in [0.3, 0.4) is 0 Å². The number of hydrogen-bond acceptors (Lipinski definition) is 6. The van der Waals surface area contributed by atoms with E-state index in [1.165, 1.54) is 0 Å². The molecule has 0 bridgehead atoms. The first kappa shape index (κ1) is 20.9. The molecule has 0 unspecified atom stereocenters. The van der Waals surface area contributed by atoms with E-state index < -0.39 is 0 Å². The molecule has 0 saturated carbocycles. The Kier molecular flexibility index (Phi) is 4.70. The molecule has 5 heterocycles. The second kappa shape index (κ2) is 7.66. The number of rotatable bonds is 3. The summed E-state index contributed by atoms with van der Waals surface area (Å²) in [4.78, 5) is 18.1. The van der Waals surface area contributed by atoms with Crippen LogP contribution in [-0.2, 0) is 18.8 Å². The number of nitrogens with zero attached hydrogens (tertiary/aromatic N) is 6. The highest BCUT2D eigenvalue weighted by Gasteiger charge is 2.30. The predicted molar refractivity (Wildman–Crippen MR) is 128 cm³/mol. The second-order valence-corrected chi connectivity index (χ2v) is 9.29. The van der Waals surface area contributed by atoms with Crippen molar-refractivity contribution in [2.45, 2.75) is 44.9 Å². The lowest BCUT2D eigenvalue weighted by Gasteiger charge is -2.33. The smallest absolute Gasteiger partial charge is 0.349 e. The van der Waals surface area contributed by atoms with E-state index in [0.717, 1.165) is 40.4 Å². The molecule has 0 spiro atoms. The van der Waals surface area contributed by atoms with Crippen molar-refractivity contribution in [1.82, 2.24) is 29.1 Å². The molecule has 0 radical (unpaired) electrons. The Morgan fingerprint density at radius 3 is 2.26 bits per heavy atom. The van der Waals surface area contributed by atoms with Gasteiger partial charge in [-0.25, -0.2) is 4.79 Å². The van der Waals surface area contributed by atoms with E-state index in [2.05, 4.69) is 35.1 Å². The van der Waals surface area contributed by atoms with E-state index >= 15 is 0 Å². The summed E-state index contributed by atoms with van der Waals surface area (Å²) >= 11 is 0. The highest BCUT2D eigenvalue weighted by Crippen LogP contribution is 2.39. The summed E-state index contributed by atoms with van der Waals surface area (Å²) < 4.78 is 17.6. The van der Waals surface area contributed by atoms with Gasteiger partial charge < -0.3 is 9.15 Å². The molecule has 1 saturated heterocycles. The van der Waals surface area contributed by atoms with Crippen LogP contribution >= 0.6 is 0 Å². The van der Waals surface area contributed by atoms with Crippen LogP contribution in [0.1, 0.15) is 32.7 Å². The molecule has 1 fully saturated rings. The van der Waals surface area contributed by atoms with E-state index in [1.54, 1.807) is 15.6 Å². The summed E-state index contributed by atoms with van der Waals surface area (Å²) in [5.41, 5.74) is 5.06. The van der Waals surface area contributed by atoms with Gasteiger partial charge in [-0.15, -0.1) is 0 Å². The van der Waals surface area contributed by atoms with Crippen LogP contribution in [0.4, 0.5) is 0 Å². The molecule has 1 aliphatic rings. The second-order valence-electron chi connectivity index (χ2n) is 9.29. The van der Waals surface area contributed by atoms with Gasteiger partial charge in [0, 0.05) is 49.0 Å². The van der Waals surface area contributed by atoms with Gasteiger partial charge in [0.2, 0.25) is 0 Å². The highest BCUT2D eigenvalue weighted by molar-refractivity contribution is 6.07. The van der Waals surface area contributed by atoms with Crippen molar-refractivity contribution < 1.29 is 9.15 Å². The molecular formula is C25H26N6O3. The van der Waals surface area contributed by atoms with Crippen LogP contribution < -0.4 is 5.69 Å². The fourth-order valence-electron chi connectivity index (χ4n) is 5.19. The van der Waals surface area contributed by atoms with Gasteiger partial charge in [-0.2, -0.15) is 15.2 Å². The van der Waals surface area contributed by atoms with Crippen molar-refractivity contribution in [1.29, 1.82) is 0 Å². The minimum absolute atomic E-state index is 0.0351. The van der Waals surface area contributed by atoms with Crippen molar-refractivity contribution in [3.63, 3.8) is 0 Å². The zero-order chi connectivity index (χ0) is 23.6. The van der Waals surface area contributed by atoms with Crippen LogP contribution in [0.25, 0.3) is 44.5 Å². The van der Waals surface area contributed by atoms with Gasteiger partial charge in [-0.1, -0.05) is 6.07 Å². The lowest BCUT2D eigenvalue weighted by Crippen LogP contribution is -2.36. The van der Waals surface area contributed by atoms with Crippen LogP contribution in [0.5, 0.6) is 0 Å². The molecule has 9 nitrogen and oxygen atoms in total. The lowest BCUT2D eigenvalue weighted by molar-refractivity contribution is -0.0486. The Balaban J connectivity index is 1.67. The van der Waals surface area contributed by atoms with Gasteiger partial charge >= 0.3 is 5.69 Å². The van der Waals surface area contributed by atoms with Crippen LogP contribution in [0.15, 0.2) is 52.2 Å². The third-order valence-electron chi connectivity index (χ3n) is 6.59. The number of aryl methyl sites for hydroxylation is 2.